The van der Waals surface area contributed by atoms with Crippen LogP contribution < -0.4 is 10.4 Å². The van der Waals surface area contributed by atoms with Gasteiger partial charge < -0.3 is 0 Å². The van der Waals surface area contributed by atoms with Gasteiger partial charge in [-0.05, 0) is 28.3 Å². The predicted molar refractivity (Wildman–Crippen MR) is 56.7 cm³/mol. The quantitative estimate of drug-likeness (QED) is 0.381. The molecule has 0 N–H and O–H groups in total. The zero-order chi connectivity index (χ0) is 9.80. The Morgan fingerprint density at radius 2 is 2.14 bits per heavy atom. The number of azide groups is 1. The molecule has 1 aromatic rings. The van der Waals surface area contributed by atoms with E-state index in [2.05, 4.69) is 34.3 Å². The summed E-state index contributed by atoms with van der Waals surface area (Å²) in [6.45, 7) is 0.557. The lowest BCUT2D eigenvalue weighted by molar-refractivity contribution is 0.717. The van der Waals surface area contributed by atoms with Crippen molar-refractivity contribution in [2.24, 2.45) is 11.0 Å². The Hall–Kier alpha value is -1.73. The minimum Gasteiger partial charge on any atom is -0.0934 e. The number of hydrogen-bond acceptors (Lipinski definition) is 1. The van der Waals surface area contributed by atoms with Gasteiger partial charge in [-0.2, -0.15) is 0 Å². The lowest BCUT2D eigenvalue weighted by Gasteiger charge is -2.10. The van der Waals surface area contributed by atoms with Gasteiger partial charge in [0.1, 0.15) is 0 Å². The van der Waals surface area contributed by atoms with Gasteiger partial charge in [-0.25, -0.2) is 0 Å². The highest BCUT2D eigenvalue weighted by atomic mass is 15.1. The Morgan fingerprint density at radius 3 is 2.93 bits per heavy atom. The Kier molecular flexibility index (Phi) is 2.52. The van der Waals surface area contributed by atoms with Crippen LogP contribution >= 0.6 is 0 Å². The summed E-state index contributed by atoms with van der Waals surface area (Å²) in [4.78, 5) is 2.78. The highest BCUT2D eigenvalue weighted by Crippen LogP contribution is 2.08. The van der Waals surface area contributed by atoms with Crippen molar-refractivity contribution in [3.8, 4) is 0 Å². The molecule has 1 aliphatic carbocycles. The van der Waals surface area contributed by atoms with Gasteiger partial charge in [0.15, 0.2) is 0 Å². The molecular formula is C11H11N3. The average molecular weight is 185 g/mol. The van der Waals surface area contributed by atoms with E-state index >= 15 is 0 Å². The van der Waals surface area contributed by atoms with Gasteiger partial charge >= 0.3 is 0 Å². The zero-order valence-electron chi connectivity index (χ0n) is 7.80. The van der Waals surface area contributed by atoms with E-state index in [1.807, 2.05) is 12.1 Å². The maximum absolute atomic E-state index is 8.23. The van der Waals surface area contributed by atoms with Crippen molar-refractivity contribution in [3.63, 3.8) is 0 Å². The first kappa shape index (κ1) is 8.85. The molecule has 0 saturated heterocycles. The van der Waals surface area contributed by atoms with Gasteiger partial charge in [0.2, 0.25) is 0 Å². The highest BCUT2D eigenvalue weighted by molar-refractivity contribution is 5.40. The molecule has 0 radical (unpaired) electrons. The second kappa shape index (κ2) is 3.99. The Morgan fingerprint density at radius 1 is 1.36 bits per heavy atom. The molecule has 0 amide bonds. The molecule has 0 bridgehead atoms. The first-order valence-corrected chi connectivity index (χ1v) is 4.68. The molecule has 3 heteroatoms. The summed E-state index contributed by atoms with van der Waals surface area (Å²) in [6, 6.07) is 8.26. The summed E-state index contributed by atoms with van der Waals surface area (Å²) in [7, 11) is 0. The van der Waals surface area contributed by atoms with E-state index in [9.17, 15) is 0 Å². The van der Waals surface area contributed by atoms with Crippen molar-refractivity contribution in [1.29, 1.82) is 0 Å². The second-order valence-corrected chi connectivity index (χ2v) is 3.41. The van der Waals surface area contributed by atoms with Crippen molar-refractivity contribution in [3.05, 3.63) is 45.1 Å². The van der Waals surface area contributed by atoms with E-state index < -0.39 is 0 Å². The van der Waals surface area contributed by atoms with Crippen molar-refractivity contribution in [2.45, 2.75) is 6.42 Å². The molecule has 3 nitrogen and oxygen atoms in total. The monoisotopic (exact) mass is 185 g/mol. The van der Waals surface area contributed by atoms with Gasteiger partial charge in [0.05, 0.1) is 0 Å². The number of benzene rings is 1. The van der Waals surface area contributed by atoms with E-state index in [1.54, 1.807) is 0 Å². The Bertz CT molecular complexity index is 483. The third-order valence-corrected chi connectivity index (χ3v) is 2.43. The topological polar surface area (TPSA) is 48.8 Å². The molecule has 0 fully saturated rings. The van der Waals surface area contributed by atoms with Crippen LogP contribution in [0.25, 0.3) is 22.6 Å². The van der Waals surface area contributed by atoms with Gasteiger partial charge in [0.25, 0.3) is 0 Å². The fraction of sp³-hybridized carbons (Fsp3) is 0.273. The molecule has 0 spiro atoms. The molecule has 0 saturated carbocycles. The van der Waals surface area contributed by atoms with Crippen LogP contribution in [-0.2, 0) is 0 Å². The van der Waals surface area contributed by atoms with E-state index in [0.717, 1.165) is 6.42 Å². The summed E-state index contributed by atoms with van der Waals surface area (Å²) in [5.74, 6) is 0.362. The van der Waals surface area contributed by atoms with Crippen molar-refractivity contribution < 1.29 is 0 Å². The van der Waals surface area contributed by atoms with Crippen molar-refractivity contribution in [2.75, 3.05) is 6.54 Å². The molecular weight excluding hydrogens is 174 g/mol. The number of rotatable bonds is 2. The minimum atomic E-state index is 0.362. The maximum Gasteiger partial charge on any atom is 0.0324 e. The van der Waals surface area contributed by atoms with Crippen LogP contribution in [-0.4, -0.2) is 6.54 Å². The number of nitrogens with zero attached hydrogens (tertiary/aromatic N) is 3. The molecule has 0 aliphatic heterocycles. The molecule has 0 aromatic heterocycles. The van der Waals surface area contributed by atoms with E-state index in [0.29, 0.717) is 12.5 Å². The molecule has 2 rings (SSSR count). The second-order valence-electron chi connectivity index (χ2n) is 3.41. The maximum atomic E-state index is 8.23. The lowest BCUT2D eigenvalue weighted by atomic mass is 9.98. The van der Waals surface area contributed by atoms with Crippen LogP contribution in [0, 0.1) is 5.92 Å². The van der Waals surface area contributed by atoms with Crippen molar-refractivity contribution >= 4 is 12.2 Å². The summed E-state index contributed by atoms with van der Waals surface area (Å²) in [5.41, 5.74) is 8.23. The summed E-state index contributed by atoms with van der Waals surface area (Å²) >= 11 is 0. The number of fused-ring (bicyclic) bond motifs is 1. The molecule has 1 aliphatic rings. The van der Waals surface area contributed by atoms with Crippen LogP contribution in [0.5, 0.6) is 0 Å². The molecule has 1 atom stereocenters. The zero-order valence-corrected chi connectivity index (χ0v) is 7.80. The molecule has 14 heavy (non-hydrogen) atoms. The standard InChI is InChI=1S/C11H11N3/c12-14-13-8-9-5-6-10-3-1-2-4-11(10)7-9/h1-4,6-7,9H,5,8H2. The van der Waals surface area contributed by atoms with Gasteiger partial charge in [0, 0.05) is 11.5 Å². The van der Waals surface area contributed by atoms with Crippen LogP contribution in [0.2, 0.25) is 0 Å². The summed E-state index contributed by atoms with van der Waals surface area (Å²) in [6.07, 6.45) is 5.35. The normalized spacial score (nSPS) is 18.4. The average Bonchev–Trinajstić information content (AvgIpc) is 2.26. The van der Waals surface area contributed by atoms with E-state index in [-0.39, 0.29) is 0 Å². The van der Waals surface area contributed by atoms with E-state index in [1.165, 1.54) is 10.4 Å². The lowest BCUT2D eigenvalue weighted by Crippen LogP contribution is -2.28. The van der Waals surface area contributed by atoms with Crippen LogP contribution in [0.3, 0.4) is 0 Å². The SMILES string of the molecule is [N-]=[N+]=NCC1C=c2ccccc2=CC1. The van der Waals surface area contributed by atoms with Gasteiger partial charge in [-0.15, -0.1) is 0 Å². The summed E-state index contributed by atoms with van der Waals surface area (Å²) in [5, 5.41) is 6.13. The first-order chi connectivity index (χ1) is 6.90. The van der Waals surface area contributed by atoms with Crippen LogP contribution in [0.15, 0.2) is 29.4 Å². The smallest absolute Gasteiger partial charge is 0.0324 e. The molecule has 0 heterocycles. The van der Waals surface area contributed by atoms with Crippen molar-refractivity contribution in [1.82, 2.24) is 0 Å². The van der Waals surface area contributed by atoms with Gasteiger partial charge in [-0.3, -0.25) is 0 Å². The largest absolute Gasteiger partial charge is 0.0934 e. The van der Waals surface area contributed by atoms with Crippen LogP contribution in [0.1, 0.15) is 6.42 Å². The highest BCUT2D eigenvalue weighted by Gasteiger charge is 2.05. The minimum absolute atomic E-state index is 0.362. The number of hydrogen-bond donors (Lipinski definition) is 0. The molecule has 1 unspecified atom stereocenters. The Balaban J connectivity index is 2.33. The Labute approximate surface area is 82.0 Å². The van der Waals surface area contributed by atoms with E-state index in [4.69, 9.17) is 5.53 Å². The third-order valence-electron chi connectivity index (χ3n) is 2.43. The van der Waals surface area contributed by atoms with Gasteiger partial charge in [-0.1, -0.05) is 41.5 Å². The summed E-state index contributed by atoms with van der Waals surface area (Å²) < 4.78 is 0. The fourth-order valence-electron chi connectivity index (χ4n) is 1.72. The van der Waals surface area contributed by atoms with Crippen LogP contribution in [0.4, 0.5) is 0 Å². The fourth-order valence-corrected chi connectivity index (χ4v) is 1.72. The first-order valence-electron chi connectivity index (χ1n) is 4.68. The molecule has 1 aromatic carbocycles. The molecule has 70 valence electrons. The third kappa shape index (κ3) is 1.78. The predicted octanol–water partition coefficient (Wildman–Crippen LogP) is 1.58.